The van der Waals surface area contributed by atoms with Gasteiger partial charge in [-0.15, -0.1) is 0 Å². The lowest BCUT2D eigenvalue weighted by Gasteiger charge is -2.16. The predicted molar refractivity (Wildman–Crippen MR) is 82.6 cm³/mol. The molecule has 0 amide bonds. The van der Waals surface area contributed by atoms with E-state index < -0.39 is 0 Å². The summed E-state index contributed by atoms with van der Waals surface area (Å²) in [5, 5.41) is 3.43. The summed E-state index contributed by atoms with van der Waals surface area (Å²) in [5.74, 6) is 0.770. The number of hydrogen-bond acceptors (Lipinski definition) is 3. The normalized spacial score (nSPS) is 12.5. The molecule has 3 heteroatoms. The van der Waals surface area contributed by atoms with Crippen LogP contribution in [0.2, 0.25) is 0 Å². The molecule has 106 valence electrons. The zero-order valence-corrected chi connectivity index (χ0v) is 12.5. The summed E-state index contributed by atoms with van der Waals surface area (Å²) in [6.45, 7) is 8.21. The maximum absolute atomic E-state index is 11.3. The number of benzene rings is 1. The Morgan fingerprint density at radius 1 is 1.26 bits per heavy atom. The van der Waals surface area contributed by atoms with E-state index >= 15 is 0 Å². The van der Waals surface area contributed by atoms with Gasteiger partial charge < -0.3 is 11.1 Å². The van der Waals surface area contributed by atoms with E-state index in [1.165, 1.54) is 19.8 Å². The van der Waals surface area contributed by atoms with E-state index in [9.17, 15) is 4.79 Å². The number of ketones is 1. The van der Waals surface area contributed by atoms with Gasteiger partial charge in [-0.3, -0.25) is 4.79 Å². The SMILES string of the molecule is CC(=O)c1ccc(NC(C)CCCC(C)C)cc1N. The van der Waals surface area contributed by atoms with Gasteiger partial charge in [0.2, 0.25) is 0 Å². The average molecular weight is 262 g/mol. The monoisotopic (exact) mass is 262 g/mol. The number of nitrogen functional groups attached to an aromatic ring is 1. The van der Waals surface area contributed by atoms with Crippen molar-refractivity contribution < 1.29 is 4.79 Å². The van der Waals surface area contributed by atoms with Crippen LogP contribution in [0, 0.1) is 5.92 Å². The molecule has 1 rings (SSSR count). The summed E-state index contributed by atoms with van der Waals surface area (Å²) in [4.78, 5) is 11.3. The van der Waals surface area contributed by atoms with Crippen LogP contribution < -0.4 is 11.1 Å². The van der Waals surface area contributed by atoms with Gasteiger partial charge in [0.1, 0.15) is 0 Å². The van der Waals surface area contributed by atoms with Gasteiger partial charge in [0, 0.05) is 23.0 Å². The van der Waals surface area contributed by atoms with E-state index in [0.717, 1.165) is 18.0 Å². The molecular formula is C16H26N2O. The van der Waals surface area contributed by atoms with E-state index in [-0.39, 0.29) is 5.78 Å². The number of carbonyl (C=O) groups excluding carboxylic acids is 1. The molecule has 0 aromatic heterocycles. The van der Waals surface area contributed by atoms with E-state index in [4.69, 9.17) is 5.73 Å². The summed E-state index contributed by atoms with van der Waals surface area (Å²) < 4.78 is 0. The largest absolute Gasteiger partial charge is 0.398 e. The molecule has 1 atom stereocenters. The van der Waals surface area contributed by atoms with Crippen molar-refractivity contribution in [2.24, 2.45) is 5.92 Å². The molecule has 0 radical (unpaired) electrons. The summed E-state index contributed by atoms with van der Waals surface area (Å²) in [5.41, 5.74) is 8.01. The fourth-order valence-electron chi connectivity index (χ4n) is 2.16. The summed E-state index contributed by atoms with van der Waals surface area (Å²) >= 11 is 0. The van der Waals surface area contributed by atoms with Gasteiger partial charge in [-0.05, 0) is 44.4 Å². The molecule has 19 heavy (non-hydrogen) atoms. The Labute approximate surface area is 116 Å². The standard InChI is InChI=1S/C16H26N2O/c1-11(2)6-5-7-12(3)18-14-8-9-15(13(4)19)16(17)10-14/h8-12,18H,5-7,17H2,1-4H3. The van der Waals surface area contributed by atoms with Crippen LogP contribution >= 0.6 is 0 Å². The number of nitrogens with one attached hydrogen (secondary N) is 1. The highest BCUT2D eigenvalue weighted by Crippen LogP contribution is 2.20. The van der Waals surface area contributed by atoms with Crippen LogP contribution in [0.3, 0.4) is 0 Å². The van der Waals surface area contributed by atoms with Crippen molar-refractivity contribution in [2.45, 2.75) is 53.0 Å². The van der Waals surface area contributed by atoms with Gasteiger partial charge in [0.05, 0.1) is 0 Å². The van der Waals surface area contributed by atoms with Crippen molar-refractivity contribution in [2.75, 3.05) is 11.1 Å². The number of hydrogen-bond donors (Lipinski definition) is 2. The number of rotatable bonds is 7. The second kappa shape index (κ2) is 7.17. The summed E-state index contributed by atoms with van der Waals surface area (Å²) in [7, 11) is 0. The highest BCUT2D eigenvalue weighted by atomic mass is 16.1. The minimum Gasteiger partial charge on any atom is -0.398 e. The Bertz CT molecular complexity index is 427. The zero-order valence-electron chi connectivity index (χ0n) is 12.5. The van der Waals surface area contributed by atoms with Crippen LogP contribution in [-0.2, 0) is 0 Å². The zero-order chi connectivity index (χ0) is 14.4. The first kappa shape index (κ1) is 15.5. The topological polar surface area (TPSA) is 55.1 Å². The molecule has 0 aliphatic rings. The lowest BCUT2D eigenvalue weighted by molar-refractivity contribution is 0.101. The minimum atomic E-state index is 0.00836. The number of nitrogens with two attached hydrogens (primary N) is 1. The molecule has 0 bridgehead atoms. The second-order valence-electron chi connectivity index (χ2n) is 5.73. The van der Waals surface area contributed by atoms with Gasteiger partial charge >= 0.3 is 0 Å². The molecule has 1 unspecified atom stereocenters. The molecule has 0 aliphatic carbocycles. The molecule has 0 saturated carbocycles. The van der Waals surface area contributed by atoms with E-state index in [0.29, 0.717) is 17.3 Å². The molecule has 0 heterocycles. The van der Waals surface area contributed by atoms with Crippen LogP contribution in [0.15, 0.2) is 18.2 Å². The van der Waals surface area contributed by atoms with Crippen molar-refractivity contribution in [1.82, 2.24) is 0 Å². The quantitative estimate of drug-likeness (QED) is 0.574. The fraction of sp³-hybridized carbons (Fsp3) is 0.562. The van der Waals surface area contributed by atoms with E-state index in [1.54, 1.807) is 6.07 Å². The van der Waals surface area contributed by atoms with Crippen LogP contribution in [0.1, 0.15) is 57.3 Å². The lowest BCUT2D eigenvalue weighted by atomic mass is 10.0. The van der Waals surface area contributed by atoms with Crippen molar-refractivity contribution in [3.8, 4) is 0 Å². The fourth-order valence-corrected chi connectivity index (χ4v) is 2.16. The molecule has 0 saturated heterocycles. The first-order valence-electron chi connectivity index (χ1n) is 7.07. The van der Waals surface area contributed by atoms with Crippen molar-refractivity contribution >= 4 is 17.2 Å². The first-order chi connectivity index (χ1) is 8.90. The van der Waals surface area contributed by atoms with Gasteiger partial charge in [0.25, 0.3) is 0 Å². The minimum absolute atomic E-state index is 0.00836. The molecule has 3 nitrogen and oxygen atoms in total. The van der Waals surface area contributed by atoms with Crippen LogP contribution in [-0.4, -0.2) is 11.8 Å². The van der Waals surface area contributed by atoms with Gasteiger partial charge in [-0.2, -0.15) is 0 Å². The molecule has 0 spiro atoms. The molecule has 1 aromatic rings. The average Bonchev–Trinajstić information content (AvgIpc) is 2.27. The maximum atomic E-state index is 11.3. The van der Waals surface area contributed by atoms with Gasteiger partial charge in [0.15, 0.2) is 5.78 Å². The molecule has 3 N–H and O–H groups in total. The van der Waals surface area contributed by atoms with E-state index in [2.05, 4.69) is 26.1 Å². The Balaban J connectivity index is 2.53. The van der Waals surface area contributed by atoms with Gasteiger partial charge in [-0.25, -0.2) is 0 Å². The molecule has 0 fully saturated rings. The Morgan fingerprint density at radius 2 is 1.95 bits per heavy atom. The smallest absolute Gasteiger partial charge is 0.161 e. The first-order valence-corrected chi connectivity index (χ1v) is 7.07. The molecular weight excluding hydrogens is 236 g/mol. The molecule has 1 aromatic carbocycles. The third-order valence-corrected chi connectivity index (χ3v) is 3.26. The highest BCUT2D eigenvalue weighted by molar-refractivity contribution is 5.99. The highest BCUT2D eigenvalue weighted by Gasteiger charge is 2.07. The Hall–Kier alpha value is -1.51. The number of carbonyl (C=O) groups is 1. The van der Waals surface area contributed by atoms with Crippen LogP contribution in [0.5, 0.6) is 0 Å². The van der Waals surface area contributed by atoms with Crippen LogP contribution in [0.25, 0.3) is 0 Å². The Morgan fingerprint density at radius 3 is 2.47 bits per heavy atom. The summed E-state index contributed by atoms with van der Waals surface area (Å²) in [6.07, 6.45) is 3.64. The van der Waals surface area contributed by atoms with Crippen molar-refractivity contribution in [3.05, 3.63) is 23.8 Å². The van der Waals surface area contributed by atoms with Crippen molar-refractivity contribution in [3.63, 3.8) is 0 Å². The maximum Gasteiger partial charge on any atom is 0.161 e. The number of Topliss-reactive ketones (excluding diaryl/α,β-unsaturated/α-hetero) is 1. The summed E-state index contributed by atoms with van der Waals surface area (Å²) in [6, 6.07) is 5.98. The lowest BCUT2D eigenvalue weighted by Crippen LogP contribution is -2.15. The Kier molecular flexibility index (Phi) is 5.87. The third kappa shape index (κ3) is 5.33. The van der Waals surface area contributed by atoms with Crippen molar-refractivity contribution in [1.29, 1.82) is 0 Å². The molecule has 0 aliphatic heterocycles. The third-order valence-electron chi connectivity index (χ3n) is 3.26. The van der Waals surface area contributed by atoms with Gasteiger partial charge in [-0.1, -0.05) is 26.7 Å². The van der Waals surface area contributed by atoms with Crippen LogP contribution in [0.4, 0.5) is 11.4 Å². The van der Waals surface area contributed by atoms with E-state index in [1.807, 2.05) is 12.1 Å². The second-order valence-corrected chi connectivity index (χ2v) is 5.73. The predicted octanol–water partition coefficient (Wildman–Crippen LogP) is 4.10. The number of anilines is 2.